The van der Waals surface area contributed by atoms with Crippen LogP contribution in [0.1, 0.15) is 39.5 Å². The highest BCUT2D eigenvalue weighted by Gasteiger charge is 2.31. The Hall–Kier alpha value is -1.22. The molecule has 0 spiro atoms. The molecule has 0 amide bonds. The summed E-state index contributed by atoms with van der Waals surface area (Å²) in [5.74, 6) is -1.06. The summed E-state index contributed by atoms with van der Waals surface area (Å²) in [5, 5.41) is 38.6. The van der Waals surface area contributed by atoms with Crippen LogP contribution in [-0.4, -0.2) is 70.0 Å². The molecule has 22 heavy (non-hydrogen) atoms. The number of rotatable bonds is 11. The molecule has 0 heterocycles. The predicted octanol–water partition coefficient (Wildman–Crippen LogP) is -0.883. The van der Waals surface area contributed by atoms with E-state index in [2.05, 4.69) is 0 Å². The van der Waals surface area contributed by atoms with E-state index < -0.39 is 49.6 Å². The molecule has 0 aromatic carbocycles. The third-order valence-electron chi connectivity index (χ3n) is 2.88. The van der Waals surface area contributed by atoms with Crippen LogP contribution in [0.15, 0.2) is 0 Å². The van der Waals surface area contributed by atoms with Crippen LogP contribution in [0.2, 0.25) is 0 Å². The van der Waals surface area contributed by atoms with Crippen LogP contribution in [0.5, 0.6) is 0 Å². The van der Waals surface area contributed by atoms with Gasteiger partial charge >= 0.3 is 11.9 Å². The molecule has 0 unspecified atom stereocenters. The van der Waals surface area contributed by atoms with E-state index in [-0.39, 0.29) is 12.8 Å². The number of aliphatic hydroxyl groups excluding tert-OH is 4. The number of ether oxygens (including phenoxy) is 2. The van der Waals surface area contributed by atoms with Gasteiger partial charge in [-0.25, -0.2) is 0 Å². The van der Waals surface area contributed by atoms with Crippen molar-refractivity contribution in [3.63, 3.8) is 0 Å². The summed E-state index contributed by atoms with van der Waals surface area (Å²) < 4.78 is 9.40. The predicted molar refractivity (Wildman–Crippen MR) is 75.8 cm³/mol. The molecule has 0 aliphatic rings. The monoisotopic (exact) mass is 322 g/mol. The molecule has 4 N–H and O–H groups in total. The lowest BCUT2D eigenvalue weighted by atomic mass is 10.0. The maximum absolute atomic E-state index is 11.1. The van der Waals surface area contributed by atoms with Gasteiger partial charge in [-0.15, -0.1) is 0 Å². The first-order valence-electron chi connectivity index (χ1n) is 7.36. The lowest BCUT2D eigenvalue weighted by molar-refractivity contribution is -0.162. The highest BCUT2D eigenvalue weighted by molar-refractivity contribution is 5.69. The average molecular weight is 322 g/mol. The topological polar surface area (TPSA) is 134 Å². The molecule has 8 nitrogen and oxygen atoms in total. The Bertz CT molecular complexity index is 301. The fraction of sp³-hybridized carbons (Fsp3) is 0.857. The second-order valence-corrected chi connectivity index (χ2v) is 4.98. The molecule has 0 saturated carbocycles. The lowest BCUT2D eigenvalue weighted by Gasteiger charge is -2.26. The molecule has 0 aromatic heterocycles. The number of aliphatic hydroxyl groups is 4. The Balaban J connectivity index is 4.18. The lowest BCUT2D eigenvalue weighted by Crippen LogP contribution is -2.48. The normalized spacial score (nSPS) is 16.5. The molecular weight excluding hydrogens is 296 g/mol. The van der Waals surface area contributed by atoms with Crippen LogP contribution in [0, 0.1) is 0 Å². The highest BCUT2D eigenvalue weighted by atomic mass is 16.5. The van der Waals surface area contributed by atoms with Crippen molar-refractivity contribution in [1.29, 1.82) is 0 Å². The van der Waals surface area contributed by atoms with Crippen LogP contribution in [-0.2, 0) is 19.1 Å². The Morgan fingerprint density at radius 3 is 1.36 bits per heavy atom. The summed E-state index contributed by atoms with van der Waals surface area (Å²) in [6, 6.07) is 0. The Morgan fingerprint density at radius 1 is 0.773 bits per heavy atom. The second kappa shape index (κ2) is 11.4. The van der Waals surface area contributed by atoms with Gasteiger partial charge in [0.15, 0.2) is 0 Å². The van der Waals surface area contributed by atoms with Crippen molar-refractivity contribution in [3.8, 4) is 0 Å². The van der Waals surface area contributed by atoms with Crippen LogP contribution < -0.4 is 0 Å². The molecule has 4 atom stereocenters. The quantitative estimate of drug-likeness (QED) is 0.360. The average Bonchev–Trinajstić information content (AvgIpc) is 2.49. The Morgan fingerprint density at radius 2 is 1.09 bits per heavy atom. The minimum atomic E-state index is -1.74. The van der Waals surface area contributed by atoms with E-state index in [1.165, 1.54) is 0 Å². The standard InChI is InChI=1S/C14H26O8/c1-3-5-11(17)21-7-9(15)13(19)14(20)10(16)8-22-12(18)6-4-2/h9-10,13-16,19-20H,3-8H2,1-2H3/t9-,10+,13-,14-/m1/s1. The second-order valence-electron chi connectivity index (χ2n) is 4.98. The largest absolute Gasteiger partial charge is 0.463 e. The number of hydrogen-bond acceptors (Lipinski definition) is 8. The van der Waals surface area contributed by atoms with E-state index in [9.17, 15) is 30.0 Å². The van der Waals surface area contributed by atoms with E-state index in [4.69, 9.17) is 9.47 Å². The molecule has 0 fully saturated rings. The summed E-state index contributed by atoms with van der Waals surface area (Å²) in [5.41, 5.74) is 0. The third-order valence-corrected chi connectivity index (χ3v) is 2.88. The smallest absolute Gasteiger partial charge is 0.305 e. The zero-order chi connectivity index (χ0) is 17.1. The van der Waals surface area contributed by atoms with Gasteiger partial charge in [0.2, 0.25) is 0 Å². The van der Waals surface area contributed by atoms with Crippen molar-refractivity contribution in [3.05, 3.63) is 0 Å². The molecule has 8 heteroatoms. The zero-order valence-electron chi connectivity index (χ0n) is 13.0. The van der Waals surface area contributed by atoms with Gasteiger partial charge < -0.3 is 29.9 Å². The summed E-state index contributed by atoms with van der Waals surface area (Å²) in [4.78, 5) is 22.3. The summed E-state index contributed by atoms with van der Waals surface area (Å²) in [7, 11) is 0. The van der Waals surface area contributed by atoms with Gasteiger partial charge in [-0.3, -0.25) is 9.59 Å². The minimum absolute atomic E-state index is 0.182. The fourth-order valence-electron chi connectivity index (χ4n) is 1.56. The van der Waals surface area contributed by atoms with Gasteiger partial charge in [-0.1, -0.05) is 13.8 Å². The van der Waals surface area contributed by atoms with E-state index >= 15 is 0 Å². The van der Waals surface area contributed by atoms with Crippen molar-refractivity contribution in [2.75, 3.05) is 13.2 Å². The molecule has 0 radical (unpaired) electrons. The molecule has 0 aliphatic carbocycles. The molecule has 0 bridgehead atoms. The van der Waals surface area contributed by atoms with Crippen molar-refractivity contribution >= 4 is 11.9 Å². The SMILES string of the molecule is CCCC(=O)OC[C@@H](O)[C@@H](O)[C@H](O)[C@@H](O)COC(=O)CCC. The first-order valence-corrected chi connectivity index (χ1v) is 7.36. The summed E-state index contributed by atoms with van der Waals surface area (Å²) in [6.07, 6.45) is -5.07. The van der Waals surface area contributed by atoms with Gasteiger partial charge in [0.05, 0.1) is 0 Å². The van der Waals surface area contributed by atoms with Gasteiger partial charge in [0, 0.05) is 12.8 Å². The van der Waals surface area contributed by atoms with Crippen LogP contribution in [0.25, 0.3) is 0 Å². The Kier molecular flexibility index (Phi) is 10.7. The Labute approximate surface area is 129 Å². The molecule has 0 aromatic rings. The van der Waals surface area contributed by atoms with E-state index in [0.29, 0.717) is 12.8 Å². The van der Waals surface area contributed by atoms with Crippen LogP contribution in [0.3, 0.4) is 0 Å². The molecule has 0 saturated heterocycles. The van der Waals surface area contributed by atoms with Crippen LogP contribution >= 0.6 is 0 Å². The van der Waals surface area contributed by atoms with Crippen molar-refractivity contribution < 1.29 is 39.5 Å². The van der Waals surface area contributed by atoms with Gasteiger partial charge in [0.1, 0.15) is 37.6 Å². The highest BCUT2D eigenvalue weighted by Crippen LogP contribution is 2.07. The van der Waals surface area contributed by atoms with Crippen molar-refractivity contribution in [2.24, 2.45) is 0 Å². The molecule has 130 valence electrons. The maximum atomic E-state index is 11.1. The maximum Gasteiger partial charge on any atom is 0.305 e. The number of carbonyl (C=O) groups is 2. The number of esters is 2. The fourth-order valence-corrected chi connectivity index (χ4v) is 1.56. The summed E-state index contributed by atoms with van der Waals surface area (Å²) in [6.45, 7) is 2.57. The third kappa shape index (κ3) is 8.28. The number of carbonyl (C=O) groups excluding carboxylic acids is 2. The zero-order valence-corrected chi connectivity index (χ0v) is 13.0. The van der Waals surface area contributed by atoms with Gasteiger partial charge in [0.25, 0.3) is 0 Å². The van der Waals surface area contributed by atoms with Gasteiger partial charge in [-0.05, 0) is 12.8 Å². The molecular formula is C14H26O8. The first kappa shape index (κ1) is 20.8. The van der Waals surface area contributed by atoms with E-state index in [1.54, 1.807) is 13.8 Å². The molecule has 0 aliphatic heterocycles. The van der Waals surface area contributed by atoms with Crippen LogP contribution in [0.4, 0.5) is 0 Å². The number of hydrogen-bond donors (Lipinski definition) is 4. The van der Waals surface area contributed by atoms with Crippen molar-refractivity contribution in [1.82, 2.24) is 0 Å². The van der Waals surface area contributed by atoms with Crippen molar-refractivity contribution in [2.45, 2.75) is 63.9 Å². The first-order chi connectivity index (χ1) is 10.3. The summed E-state index contributed by atoms with van der Waals surface area (Å²) >= 11 is 0. The van der Waals surface area contributed by atoms with E-state index in [0.717, 1.165) is 0 Å². The van der Waals surface area contributed by atoms with E-state index in [1.807, 2.05) is 0 Å². The minimum Gasteiger partial charge on any atom is -0.463 e. The molecule has 0 rings (SSSR count). The van der Waals surface area contributed by atoms with Gasteiger partial charge in [-0.2, -0.15) is 0 Å².